The van der Waals surface area contributed by atoms with Crippen molar-refractivity contribution in [3.8, 4) is 0 Å². The molecule has 1 aromatic carbocycles. The van der Waals surface area contributed by atoms with E-state index in [4.69, 9.17) is 0 Å². The minimum atomic E-state index is -0.782. The SMILES string of the molecule is CC1(C)[C@H]2CC=C(CN3CCCN(C(=O)c4ccc(F)cc4F)CC3)[C@@H]1C2. The summed E-state index contributed by atoms with van der Waals surface area (Å²) < 4.78 is 27.1. The molecular weight excluding hydrogens is 346 g/mol. The Labute approximate surface area is 160 Å². The fourth-order valence-electron chi connectivity index (χ4n) is 5.08. The van der Waals surface area contributed by atoms with Gasteiger partial charge in [-0.3, -0.25) is 9.69 Å². The third-order valence-electron chi connectivity index (χ3n) is 7.03. The topological polar surface area (TPSA) is 23.6 Å². The maximum atomic E-state index is 14.0. The molecule has 0 spiro atoms. The van der Waals surface area contributed by atoms with Crippen LogP contribution in [0.15, 0.2) is 29.8 Å². The molecule has 1 saturated heterocycles. The van der Waals surface area contributed by atoms with Crippen LogP contribution < -0.4 is 0 Å². The molecule has 1 heterocycles. The molecule has 146 valence electrons. The Morgan fingerprint density at radius 2 is 2.00 bits per heavy atom. The minimum Gasteiger partial charge on any atom is -0.337 e. The number of allylic oxidation sites excluding steroid dienone is 1. The number of hydrogen-bond acceptors (Lipinski definition) is 2. The second-order valence-corrected chi connectivity index (χ2v) is 8.87. The van der Waals surface area contributed by atoms with Gasteiger partial charge in [-0.05, 0) is 48.6 Å². The number of fused-ring (bicyclic) bond motifs is 1. The molecule has 27 heavy (non-hydrogen) atoms. The first-order valence-corrected chi connectivity index (χ1v) is 10.0. The third kappa shape index (κ3) is 3.42. The average molecular weight is 374 g/mol. The molecule has 1 amide bonds. The molecule has 1 aromatic rings. The van der Waals surface area contributed by atoms with Crippen LogP contribution >= 0.6 is 0 Å². The monoisotopic (exact) mass is 374 g/mol. The molecule has 0 aromatic heterocycles. The molecule has 4 aliphatic rings. The van der Waals surface area contributed by atoms with Gasteiger partial charge < -0.3 is 4.90 Å². The summed E-state index contributed by atoms with van der Waals surface area (Å²) in [7, 11) is 0. The largest absolute Gasteiger partial charge is 0.337 e. The van der Waals surface area contributed by atoms with Gasteiger partial charge in [0.05, 0.1) is 5.56 Å². The van der Waals surface area contributed by atoms with Crippen molar-refractivity contribution in [1.82, 2.24) is 9.80 Å². The van der Waals surface area contributed by atoms with E-state index in [0.29, 0.717) is 24.4 Å². The van der Waals surface area contributed by atoms with Gasteiger partial charge in [0.25, 0.3) is 5.91 Å². The van der Waals surface area contributed by atoms with Gasteiger partial charge in [-0.25, -0.2) is 8.78 Å². The van der Waals surface area contributed by atoms with Gasteiger partial charge in [0, 0.05) is 38.8 Å². The fraction of sp³-hybridized carbons (Fsp3) is 0.591. The lowest BCUT2D eigenvalue weighted by molar-refractivity contribution is -0.0105. The standard InChI is InChI=1S/C22H28F2N2O/c1-22(2)16-5-4-15(19(22)12-16)14-25-8-3-9-26(11-10-25)21(27)18-7-6-17(23)13-20(18)24/h4,6-7,13,16,19H,3,5,8-12,14H2,1-2H3/t16-,19-/m0/s1. The molecule has 1 aliphatic heterocycles. The summed E-state index contributed by atoms with van der Waals surface area (Å²) in [6.07, 6.45) is 5.83. The van der Waals surface area contributed by atoms with Gasteiger partial charge in [-0.1, -0.05) is 25.5 Å². The normalized spacial score (nSPS) is 27.6. The van der Waals surface area contributed by atoms with Crippen LogP contribution in [0.4, 0.5) is 8.78 Å². The minimum absolute atomic E-state index is 0.0397. The van der Waals surface area contributed by atoms with Crippen molar-refractivity contribution >= 4 is 5.91 Å². The smallest absolute Gasteiger partial charge is 0.256 e. The number of nitrogens with zero attached hydrogens (tertiary/aromatic N) is 2. The van der Waals surface area contributed by atoms with E-state index < -0.39 is 11.6 Å². The number of halogens is 2. The maximum Gasteiger partial charge on any atom is 0.256 e. The molecule has 0 radical (unpaired) electrons. The number of benzene rings is 1. The maximum absolute atomic E-state index is 14.0. The van der Waals surface area contributed by atoms with Crippen LogP contribution in [0.3, 0.4) is 0 Å². The lowest BCUT2D eigenvalue weighted by Crippen LogP contribution is -2.50. The van der Waals surface area contributed by atoms with Gasteiger partial charge in [0.15, 0.2) is 0 Å². The van der Waals surface area contributed by atoms with Crippen molar-refractivity contribution in [1.29, 1.82) is 0 Å². The van der Waals surface area contributed by atoms with Crippen LogP contribution in [0.1, 0.15) is 43.5 Å². The highest BCUT2D eigenvalue weighted by atomic mass is 19.1. The summed E-state index contributed by atoms with van der Waals surface area (Å²) >= 11 is 0. The molecule has 5 heteroatoms. The quantitative estimate of drug-likeness (QED) is 0.744. The van der Waals surface area contributed by atoms with Gasteiger partial charge >= 0.3 is 0 Å². The zero-order valence-electron chi connectivity index (χ0n) is 16.2. The molecule has 5 rings (SSSR count). The molecule has 1 saturated carbocycles. The number of rotatable bonds is 3. The lowest BCUT2D eigenvalue weighted by atomic mass is 9.49. The van der Waals surface area contributed by atoms with Crippen molar-refractivity contribution in [2.24, 2.45) is 17.3 Å². The zero-order valence-corrected chi connectivity index (χ0v) is 16.2. The molecule has 3 aliphatic carbocycles. The summed E-state index contributed by atoms with van der Waals surface area (Å²) in [5.74, 6) is -0.239. The summed E-state index contributed by atoms with van der Waals surface area (Å²) in [4.78, 5) is 16.8. The highest BCUT2D eigenvalue weighted by Crippen LogP contribution is 2.59. The molecule has 2 atom stereocenters. The Bertz CT molecular complexity index is 774. The van der Waals surface area contributed by atoms with Crippen LogP contribution in [-0.4, -0.2) is 48.4 Å². The molecule has 0 N–H and O–H groups in total. The van der Waals surface area contributed by atoms with E-state index in [-0.39, 0.29) is 11.5 Å². The van der Waals surface area contributed by atoms with Crippen LogP contribution in [0, 0.1) is 28.9 Å². The first kappa shape index (κ1) is 18.6. The van der Waals surface area contributed by atoms with Crippen LogP contribution in [-0.2, 0) is 0 Å². The second-order valence-electron chi connectivity index (χ2n) is 8.87. The Balaban J connectivity index is 1.38. The van der Waals surface area contributed by atoms with Gasteiger partial charge in [0.2, 0.25) is 0 Å². The first-order chi connectivity index (χ1) is 12.9. The Hall–Kier alpha value is -1.75. The van der Waals surface area contributed by atoms with Crippen molar-refractivity contribution in [3.63, 3.8) is 0 Å². The summed E-state index contributed by atoms with van der Waals surface area (Å²) in [6.45, 7) is 8.69. The molecular formula is C22H28F2N2O. The summed E-state index contributed by atoms with van der Waals surface area (Å²) in [5.41, 5.74) is 1.95. The Kier molecular flexibility index (Phi) is 4.83. The lowest BCUT2D eigenvalue weighted by Gasteiger charge is -2.57. The summed E-state index contributed by atoms with van der Waals surface area (Å²) in [5, 5.41) is 0. The predicted molar refractivity (Wildman–Crippen MR) is 101 cm³/mol. The first-order valence-electron chi connectivity index (χ1n) is 10.0. The van der Waals surface area contributed by atoms with E-state index in [9.17, 15) is 13.6 Å². The molecule has 2 fully saturated rings. The Morgan fingerprint density at radius 3 is 2.70 bits per heavy atom. The average Bonchev–Trinajstić information content (AvgIpc) is 2.87. The molecule has 3 nitrogen and oxygen atoms in total. The van der Waals surface area contributed by atoms with E-state index in [1.54, 1.807) is 10.5 Å². The van der Waals surface area contributed by atoms with Crippen LogP contribution in [0.5, 0.6) is 0 Å². The second kappa shape index (κ2) is 7.01. The van der Waals surface area contributed by atoms with E-state index in [1.807, 2.05) is 0 Å². The van der Waals surface area contributed by atoms with Gasteiger partial charge in [-0.2, -0.15) is 0 Å². The van der Waals surface area contributed by atoms with Crippen LogP contribution in [0.2, 0.25) is 0 Å². The van der Waals surface area contributed by atoms with E-state index >= 15 is 0 Å². The van der Waals surface area contributed by atoms with Crippen molar-refractivity contribution in [2.45, 2.75) is 33.1 Å². The van der Waals surface area contributed by atoms with E-state index in [2.05, 4.69) is 24.8 Å². The fourth-order valence-corrected chi connectivity index (χ4v) is 5.08. The van der Waals surface area contributed by atoms with Gasteiger partial charge in [-0.15, -0.1) is 0 Å². The number of hydrogen-bond donors (Lipinski definition) is 0. The number of carbonyl (C=O) groups is 1. The van der Waals surface area contributed by atoms with Crippen molar-refractivity contribution in [2.75, 3.05) is 32.7 Å². The summed E-state index contributed by atoms with van der Waals surface area (Å²) in [6, 6.07) is 3.17. The third-order valence-corrected chi connectivity index (χ3v) is 7.03. The van der Waals surface area contributed by atoms with Gasteiger partial charge in [0.1, 0.15) is 11.6 Å². The Morgan fingerprint density at radius 1 is 1.19 bits per heavy atom. The predicted octanol–water partition coefficient (Wildman–Crippen LogP) is 4.11. The zero-order chi connectivity index (χ0) is 19.2. The van der Waals surface area contributed by atoms with E-state index in [0.717, 1.165) is 44.1 Å². The molecule has 2 bridgehead atoms. The van der Waals surface area contributed by atoms with Crippen molar-refractivity contribution < 1.29 is 13.6 Å². The van der Waals surface area contributed by atoms with Crippen molar-refractivity contribution in [3.05, 3.63) is 47.0 Å². The number of amides is 1. The molecule has 0 unspecified atom stereocenters. The highest BCUT2D eigenvalue weighted by molar-refractivity contribution is 5.94. The number of carbonyl (C=O) groups excluding carboxylic acids is 1. The van der Waals surface area contributed by atoms with E-state index in [1.165, 1.54) is 18.9 Å². The highest BCUT2D eigenvalue weighted by Gasteiger charge is 2.51. The van der Waals surface area contributed by atoms with Crippen LogP contribution in [0.25, 0.3) is 0 Å².